The molecule has 1 heterocycles. The molecule has 0 amide bonds. The number of fused-ring (bicyclic) bond motifs is 1. The van der Waals surface area contributed by atoms with Crippen LogP contribution in [0.2, 0.25) is 0 Å². The molecule has 1 aromatic carbocycles. The van der Waals surface area contributed by atoms with E-state index in [0.717, 1.165) is 35.8 Å². The van der Waals surface area contributed by atoms with Gasteiger partial charge in [-0.2, -0.15) is 0 Å². The fraction of sp³-hybridized carbons (Fsp3) is 0.471. The Kier molecular flexibility index (Phi) is 4.83. The van der Waals surface area contributed by atoms with Crippen molar-refractivity contribution < 1.29 is 9.15 Å². The maximum atomic E-state index is 12.1. The zero-order valence-electron chi connectivity index (χ0n) is 12.5. The maximum Gasteiger partial charge on any atom is 0.339 e. The predicted octanol–water partition coefficient (Wildman–Crippen LogP) is 4.23. The van der Waals surface area contributed by atoms with Crippen LogP contribution in [0.5, 0.6) is 5.75 Å². The normalized spacial score (nSPS) is 10.9. The molecule has 3 heteroatoms. The van der Waals surface area contributed by atoms with Crippen LogP contribution in [0.15, 0.2) is 27.4 Å². The Balaban J connectivity index is 2.34. The third-order valence-corrected chi connectivity index (χ3v) is 3.77. The zero-order chi connectivity index (χ0) is 14.5. The van der Waals surface area contributed by atoms with Crippen LogP contribution in [0.3, 0.4) is 0 Å². The van der Waals surface area contributed by atoms with Crippen molar-refractivity contribution in [1.82, 2.24) is 0 Å². The van der Waals surface area contributed by atoms with Crippen LogP contribution in [0.4, 0.5) is 0 Å². The summed E-state index contributed by atoms with van der Waals surface area (Å²) in [6.07, 6.45) is 5.42. The summed E-state index contributed by atoms with van der Waals surface area (Å²) >= 11 is 0. The molecule has 0 spiro atoms. The Morgan fingerprint density at radius 2 is 2.00 bits per heavy atom. The molecule has 0 radical (unpaired) electrons. The minimum Gasteiger partial charge on any atom is -0.497 e. The Labute approximate surface area is 119 Å². The Morgan fingerprint density at radius 3 is 2.70 bits per heavy atom. The summed E-state index contributed by atoms with van der Waals surface area (Å²) in [5, 5.41) is 0.996. The van der Waals surface area contributed by atoms with Crippen molar-refractivity contribution in [3.8, 4) is 5.75 Å². The van der Waals surface area contributed by atoms with Crippen molar-refractivity contribution in [3.05, 3.63) is 39.7 Å². The van der Waals surface area contributed by atoms with Crippen LogP contribution in [-0.2, 0) is 6.42 Å². The summed E-state index contributed by atoms with van der Waals surface area (Å²) in [7, 11) is 1.61. The summed E-state index contributed by atoms with van der Waals surface area (Å²) < 4.78 is 10.6. The van der Waals surface area contributed by atoms with E-state index >= 15 is 0 Å². The number of aryl methyl sites for hydroxylation is 1. The molecule has 3 nitrogen and oxygen atoms in total. The first kappa shape index (κ1) is 14.6. The summed E-state index contributed by atoms with van der Waals surface area (Å²) in [6.45, 7) is 4.18. The molecule has 0 fully saturated rings. The molecule has 1 aromatic heterocycles. The molecular weight excluding hydrogens is 252 g/mol. The van der Waals surface area contributed by atoms with Gasteiger partial charge in [0.2, 0.25) is 0 Å². The quantitative estimate of drug-likeness (QED) is 0.584. The van der Waals surface area contributed by atoms with Crippen LogP contribution >= 0.6 is 0 Å². The number of benzene rings is 1. The van der Waals surface area contributed by atoms with Gasteiger partial charge in [0, 0.05) is 17.0 Å². The van der Waals surface area contributed by atoms with Crippen molar-refractivity contribution in [2.45, 2.75) is 46.0 Å². The number of methoxy groups -OCH3 is 1. The van der Waals surface area contributed by atoms with Gasteiger partial charge in [0.15, 0.2) is 0 Å². The van der Waals surface area contributed by atoms with E-state index in [9.17, 15) is 4.79 Å². The monoisotopic (exact) mass is 274 g/mol. The van der Waals surface area contributed by atoms with Crippen molar-refractivity contribution in [2.24, 2.45) is 0 Å². The van der Waals surface area contributed by atoms with Crippen molar-refractivity contribution in [3.63, 3.8) is 0 Å². The highest BCUT2D eigenvalue weighted by Crippen LogP contribution is 2.24. The molecule has 0 aliphatic heterocycles. The smallest absolute Gasteiger partial charge is 0.339 e. The van der Waals surface area contributed by atoms with Gasteiger partial charge in [0.1, 0.15) is 11.3 Å². The molecule has 0 unspecified atom stereocenters. The van der Waals surface area contributed by atoms with Crippen LogP contribution in [-0.4, -0.2) is 7.11 Å². The third kappa shape index (κ3) is 3.03. The molecule has 108 valence electrons. The highest BCUT2D eigenvalue weighted by atomic mass is 16.5. The molecular formula is C17H22O3. The van der Waals surface area contributed by atoms with E-state index in [1.54, 1.807) is 13.2 Å². The Bertz CT molecular complexity index is 640. The van der Waals surface area contributed by atoms with E-state index in [1.165, 1.54) is 12.8 Å². The largest absolute Gasteiger partial charge is 0.497 e. The lowest BCUT2D eigenvalue weighted by atomic mass is 10.0. The first-order chi connectivity index (χ1) is 9.67. The van der Waals surface area contributed by atoms with Crippen LogP contribution in [0.1, 0.15) is 43.7 Å². The van der Waals surface area contributed by atoms with Crippen molar-refractivity contribution in [2.75, 3.05) is 7.11 Å². The van der Waals surface area contributed by atoms with Crippen LogP contribution in [0, 0.1) is 6.92 Å². The van der Waals surface area contributed by atoms with E-state index in [4.69, 9.17) is 9.15 Å². The fourth-order valence-corrected chi connectivity index (χ4v) is 2.52. The molecule has 0 saturated carbocycles. The van der Waals surface area contributed by atoms with Gasteiger partial charge in [0.05, 0.1) is 7.11 Å². The topological polar surface area (TPSA) is 39.4 Å². The first-order valence-corrected chi connectivity index (χ1v) is 7.27. The van der Waals surface area contributed by atoms with Crippen LogP contribution in [0.25, 0.3) is 11.0 Å². The highest BCUT2D eigenvalue weighted by Gasteiger charge is 2.11. The molecule has 0 aliphatic rings. The lowest BCUT2D eigenvalue weighted by molar-refractivity contribution is 0.414. The molecule has 2 aromatic rings. The number of hydrogen-bond donors (Lipinski definition) is 0. The van der Waals surface area contributed by atoms with Gasteiger partial charge in [0.25, 0.3) is 0 Å². The summed E-state index contributed by atoms with van der Waals surface area (Å²) in [6, 6.07) is 5.63. The van der Waals surface area contributed by atoms with E-state index in [2.05, 4.69) is 6.92 Å². The summed E-state index contributed by atoms with van der Waals surface area (Å²) in [5.74, 6) is 0.704. The minimum atomic E-state index is -0.209. The first-order valence-electron chi connectivity index (χ1n) is 7.27. The molecule has 0 bridgehead atoms. The van der Waals surface area contributed by atoms with E-state index in [0.29, 0.717) is 11.3 Å². The lowest BCUT2D eigenvalue weighted by Crippen LogP contribution is -2.10. The van der Waals surface area contributed by atoms with Gasteiger partial charge in [-0.25, -0.2) is 4.79 Å². The van der Waals surface area contributed by atoms with Crippen molar-refractivity contribution >= 4 is 11.0 Å². The predicted molar refractivity (Wildman–Crippen MR) is 81.6 cm³/mol. The lowest BCUT2D eigenvalue weighted by Gasteiger charge is -2.08. The average molecular weight is 274 g/mol. The fourth-order valence-electron chi connectivity index (χ4n) is 2.52. The van der Waals surface area contributed by atoms with Gasteiger partial charge >= 0.3 is 5.63 Å². The number of hydrogen-bond acceptors (Lipinski definition) is 3. The van der Waals surface area contributed by atoms with E-state index < -0.39 is 0 Å². The van der Waals surface area contributed by atoms with Gasteiger partial charge in [-0.1, -0.05) is 26.2 Å². The standard InChI is InChI=1S/C17H22O3/c1-4-5-6-7-8-15-12(2)14-10-9-13(19-3)11-16(14)20-17(15)18/h9-11H,4-8H2,1-3H3. The van der Waals surface area contributed by atoms with Gasteiger partial charge in [-0.05, 0) is 37.5 Å². The highest BCUT2D eigenvalue weighted by molar-refractivity contribution is 5.82. The second kappa shape index (κ2) is 6.60. The van der Waals surface area contributed by atoms with Crippen LogP contribution < -0.4 is 10.4 Å². The Hall–Kier alpha value is -1.77. The molecule has 2 rings (SSSR count). The molecule has 0 saturated heterocycles. The van der Waals surface area contributed by atoms with E-state index in [-0.39, 0.29) is 5.63 Å². The Morgan fingerprint density at radius 1 is 1.20 bits per heavy atom. The van der Waals surface area contributed by atoms with E-state index in [1.807, 2.05) is 19.1 Å². The number of ether oxygens (including phenoxy) is 1. The van der Waals surface area contributed by atoms with Crippen molar-refractivity contribution in [1.29, 1.82) is 0 Å². The molecule has 0 N–H and O–H groups in total. The minimum absolute atomic E-state index is 0.209. The average Bonchev–Trinajstić information content (AvgIpc) is 2.45. The third-order valence-electron chi connectivity index (χ3n) is 3.77. The number of rotatable bonds is 6. The summed E-state index contributed by atoms with van der Waals surface area (Å²) in [4.78, 5) is 12.1. The molecule has 0 atom stereocenters. The maximum absolute atomic E-state index is 12.1. The molecule has 0 aliphatic carbocycles. The second-order valence-corrected chi connectivity index (χ2v) is 5.17. The number of unbranched alkanes of at least 4 members (excludes halogenated alkanes) is 3. The van der Waals surface area contributed by atoms with Gasteiger partial charge in [-0.15, -0.1) is 0 Å². The second-order valence-electron chi connectivity index (χ2n) is 5.17. The zero-order valence-corrected chi connectivity index (χ0v) is 12.5. The summed E-state index contributed by atoms with van der Waals surface area (Å²) in [5.41, 5.74) is 2.25. The van der Waals surface area contributed by atoms with Gasteiger partial charge < -0.3 is 9.15 Å². The van der Waals surface area contributed by atoms with Gasteiger partial charge in [-0.3, -0.25) is 0 Å². The SMILES string of the molecule is CCCCCCc1c(C)c2ccc(OC)cc2oc1=O. The molecule has 20 heavy (non-hydrogen) atoms.